The van der Waals surface area contributed by atoms with Gasteiger partial charge in [0.25, 0.3) is 5.56 Å². The molecule has 0 spiro atoms. The van der Waals surface area contributed by atoms with Crippen molar-refractivity contribution in [3.63, 3.8) is 0 Å². The first-order valence-corrected chi connectivity index (χ1v) is 11.3. The van der Waals surface area contributed by atoms with Crippen LogP contribution >= 0.6 is 0 Å². The second kappa shape index (κ2) is 9.91. The number of anilines is 1. The smallest absolute Gasteiger partial charge is 0.322 e. The molecule has 3 aromatic carbocycles. The van der Waals surface area contributed by atoms with Crippen molar-refractivity contribution in [2.45, 2.75) is 33.7 Å². The number of carbonyl (C=O) groups is 1. The Morgan fingerprint density at radius 1 is 0.912 bits per heavy atom. The van der Waals surface area contributed by atoms with Crippen molar-refractivity contribution in [1.82, 2.24) is 9.88 Å². The lowest BCUT2D eigenvalue weighted by atomic mass is 10.0. The number of urea groups is 1. The molecule has 0 unspecified atom stereocenters. The number of amides is 2. The van der Waals surface area contributed by atoms with Crippen molar-refractivity contribution >= 4 is 22.6 Å². The van der Waals surface area contributed by atoms with Gasteiger partial charge in [0.15, 0.2) is 0 Å². The summed E-state index contributed by atoms with van der Waals surface area (Å²) in [7, 11) is 0. The maximum absolute atomic E-state index is 14.2. The molecule has 2 amide bonds. The fourth-order valence-electron chi connectivity index (χ4n) is 4.00. The van der Waals surface area contributed by atoms with Gasteiger partial charge in [-0.05, 0) is 85.2 Å². The zero-order chi connectivity index (χ0) is 24.2. The summed E-state index contributed by atoms with van der Waals surface area (Å²) in [6, 6.07) is 19.4. The number of pyridine rings is 1. The molecule has 0 atom stereocenters. The lowest BCUT2D eigenvalue weighted by Gasteiger charge is -2.24. The van der Waals surface area contributed by atoms with Crippen LogP contribution in [0.3, 0.4) is 0 Å². The topological polar surface area (TPSA) is 65.2 Å². The van der Waals surface area contributed by atoms with E-state index >= 15 is 0 Å². The van der Waals surface area contributed by atoms with Gasteiger partial charge < -0.3 is 15.2 Å². The molecular weight excluding hydrogens is 429 g/mol. The molecular formula is C28H28FN3O2. The van der Waals surface area contributed by atoms with Gasteiger partial charge in [0.1, 0.15) is 5.82 Å². The maximum atomic E-state index is 14.2. The van der Waals surface area contributed by atoms with Crippen LogP contribution < -0.4 is 10.9 Å². The van der Waals surface area contributed by atoms with E-state index in [4.69, 9.17) is 0 Å². The minimum atomic E-state index is -0.510. The van der Waals surface area contributed by atoms with E-state index in [1.54, 1.807) is 17.0 Å². The van der Waals surface area contributed by atoms with Crippen LogP contribution in [0.25, 0.3) is 10.9 Å². The van der Waals surface area contributed by atoms with E-state index in [-0.39, 0.29) is 17.8 Å². The predicted molar refractivity (Wildman–Crippen MR) is 135 cm³/mol. The van der Waals surface area contributed by atoms with Gasteiger partial charge in [-0.2, -0.15) is 0 Å². The highest BCUT2D eigenvalue weighted by atomic mass is 19.1. The number of para-hydroxylation sites is 1. The number of fused-ring (bicyclic) bond motifs is 1. The number of aromatic amines is 1. The first-order chi connectivity index (χ1) is 16.3. The number of nitrogens with one attached hydrogen (secondary N) is 2. The van der Waals surface area contributed by atoms with Crippen molar-refractivity contribution in [1.29, 1.82) is 0 Å². The summed E-state index contributed by atoms with van der Waals surface area (Å²) in [4.78, 5) is 30.5. The number of halogens is 1. The predicted octanol–water partition coefficient (Wildman–Crippen LogP) is 5.87. The number of H-pyrrole nitrogens is 1. The van der Waals surface area contributed by atoms with E-state index < -0.39 is 11.8 Å². The Balaban J connectivity index is 1.64. The molecule has 6 heteroatoms. The summed E-state index contributed by atoms with van der Waals surface area (Å²) in [5.74, 6) is -0.510. The van der Waals surface area contributed by atoms with Crippen LogP contribution in [0, 0.1) is 26.6 Å². The zero-order valence-electron chi connectivity index (χ0n) is 19.6. The largest absolute Gasteiger partial charge is 0.322 e. The van der Waals surface area contributed by atoms with Gasteiger partial charge in [-0.3, -0.25) is 4.79 Å². The zero-order valence-corrected chi connectivity index (χ0v) is 19.6. The Labute approximate surface area is 198 Å². The van der Waals surface area contributed by atoms with Crippen molar-refractivity contribution in [2.24, 2.45) is 0 Å². The summed E-state index contributed by atoms with van der Waals surface area (Å²) in [6.45, 7) is 6.52. The van der Waals surface area contributed by atoms with Crippen LogP contribution in [0.2, 0.25) is 0 Å². The maximum Gasteiger partial charge on any atom is 0.322 e. The van der Waals surface area contributed by atoms with Crippen molar-refractivity contribution in [3.05, 3.63) is 111 Å². The lowest BCUT2D eigenvalue weighted by molar-refractivity contribution is 0.209. The molecule has 0 aliphatic rings. The molecule has 0 aliphatic carbocycles. The molecule has 0 radical (unpaired) electrons. The van der Waals surface area contributed by atoms with Crippen molar-refractivity contribution in [3.8, 4) is 0 Å². The Kier molecular flexibility index (Phi) is 6.77. The minimum absolute atomic E-state index is 0.102. The van der Waals surface area contributed by atoms with Gasteiger partial charge in [0.05, 0.1) is 12.2 Å². The molecule has 0 saturated carbocycles. The first kappa shape index (κ1) is 23.2. The number of nitrogens with zero attached hydrogens (tertiary/aromatic N) is 1. The first-order valence-electron chi connectivity index (χ1n) is 11.3. The number of carbonyl (C=O) groups excluding carboxylic acids is 1. The van der Waals surface area contributed by atoms with Gasteiger partial charge in [-0.25, -0.2) is 9.18 Å². The second-order valence-corrected chi connectivity index (χ2v) is 8.66. The quantitative estimate of drug-likeness (QED) is 0.380. The normalized spacial score (nSPS) is 10.9. The summed E-state index contributed by atoms with van der Waals surface area (Å²) >= 11 is 0. The fraction of sp³-hybridized carbons (Fsp3) is 0.214. The van der Waals surface area contributed by atoms with Crippen molar-refractivity contribution < 1.29 is 9.18 Å². The number of rotatable bonds is 6. The third kappa shape index (κ3) is 5.17. The molecule has 4 aromatic rings. The third-order valence-electron chi connectivity index (χ3n) is 6.21. The van der Waals surface area contributed by atoms with E-state index in [1.165, 1.54) is 12.1 Å². The number of aryl methyl sites for hydroxylation is 3. The molecule has 0 aliphatic heterocycles. The third-order valence-corrected chi connectivity index (χ3v) is 6.21. The number of aromatic nitrogens is 1. The van der Waals surface area contributed by atoms with Crippen LogP contribution in [-0.2, 0) is 13.0 Å². The Bertz CT molecular complexity index is 1410. The van der Waals surface area contributed by atoms with Crippen LogP contribution in [0.5, 0.6) is 0 Å². The highest BCUT2D eigenvalue weighted by Gasteiger charge is 2.18. The van der Waals surface area contributed by atoms with Crippen LogP contribution in [-0.4, -0.2) is 22.5 Å². The summed E-state index contributed by atoms with van der Waals surface area (Å²) in [5, 5.41) is 3.56. The average Bonchev–Trinajstić information content (AvgIpc) is 2.80. The Morgan fingerprint density at radius 2 is 1.62 bits per heavy atom. The van der Waals surface area contributed by atoms with Gasteiger partial charge in [0.2, 0.25) is 0 Å². The SMILES string of the molecule is Cc1cc2cc(CN(CCc3ccccc3C)C(=O)Nc3ccccc3F)c(=O)[nH]c2cc1C. The molecule has 0 saturated heterocycles. The van der Waals surface area contributed by atoms with E-state index in [0.717, 1.165) is 33.2 Å². The molecule has 4 rings (SSSR count). The molecule has 0 bridgehead atoms. The highest BCUT2D eigenvalue weighted by molar-refractivity contribution is 5.89. The molecule has 5 nitrogen and oxygen atoms in total. The number of hydrogen-bond donors (Lipinski definition) is 2. The van der Waals surface area contributed by atoms with E-state index in [9.17, 15) is 14.0 Å². The minimum Gasteiger partial charge on any atom is -0.322 e. The van der Waals surface area contributed by atoms with E-state index in [2.05, 4.69) is 10.3 Å². The Hall–Kier alpha value is -3.93. The molecule has 34 heavy (non-hydrogen) atoms. The molecule has 0 fully saturated rings. The Morgan fingerprint density at radius 3 is 2.38 bits per heavy atom. The second-order valence-electron chi connectivity index (χ2n) is 8.66. The number of benzene rings is 3. The van der Waals surface area contributed by atoms with Crippen LogP contribution in [0.1, 0.15) is 27.8 Å². The van der Waals surface area contributed by atoms with Gasteiger partial charge in [-0.1, -0.05) is 36.4 Å². The fourth-order valence-corrected chi connectivity index (χ4v) is 4.00. The summed E-state index contributed by atoms with van der Waals surface area (Å²) in [6.07, 6.45) is 0.612. The average molecular weight is 458 g/mol. The van der Waals surface area contributed by atoms with Crippen LogP contribution in [0.15, 0.2) is 71.5 Å². The summed E-state index contributed by atoms with van der Waals surface area (Å²) < 4.78 is 14.2. The van der Waals surface area contributed by atoms with Crippen LogP contribution in [0.4, 0.5) is 14.9 Å². The van der Waals surface area contributed by atoms with Crippen molar-refractivity contribution in [2.75, 3.05) is 11.9 Å². The van der Waals surface area contributed by atoms with Gasteiger partial charge >= 0.3 is 6.03 Å². The monoisotopic (exact) mass is 457 g/mol. The molecule has 2 N–H and O–H groups in total. The standard InChI is InChI=1S/C28H28FN3O2/c1-18-8-4-5-9-21(18)12-13-32(28(34)31-25-11-7-6-10-24(25)29)17-23-16-22-14-19(2)20(3)15-26(22)30-27(23)33/h4-11,14-16H,12-13,17H2,1-3H3,(H,30,33)(H,31,34). The molecule has 1 heterocycles. The van der Waals surface area contributed by atoms with Gasteiger partial charge in [-0.15, -0.1) is 0 Å². The molecule has 1 aromatic heterocycles. The molecule has 174 valence electrons. The highest BCUT2D eigenvalue weighted by Crippen LogP contribution is 2.19. The lowest BCUT2D eigenvalue weighted by Crippen LogP contribution is -2.37. The number of hydrogen-bond acceptors (Lipinski definition) is 2. The van der Waals surface area contributed by atoms with Gasteiger partial charge in [0, 0.05) is 17.6 Å². The van der Waals surface area contributed by atoms with E-state index in [0.29, 0.717) is 18.5 Å². The summed E-state index contributed by atoms with van der Waals surface area (Å²) in [5.41, 5.74) is 5.57. The van der Waals surface area contributed by atoms with E-state index in [1.807, 2.05) is 63.2 Å².